The van der Waals surface area contributed by atoms with Crippen LogP contribution in [-0.2, 0) is 0 Å². The Morgan fingerprint density at radius 1 is 1.25 bits per heavy atom. The summed E-state index contributed by atoms with van der Waals surface area (Å²) in [5.41, 5.74) is 1.23. The van der Waals surface area contributed by atoms with Crippen LogP contribution < -0.4 is 0 Å². The topological polar surface area (TPSA) is 0 Å². The van der Waals surface area contributed by atoms with Crippen LogP contribution in [0.1, 0.15) is 18.9 Å². The fourth-order valence-corrected chi connectivity index (χ4v) is 0.930. The highest BCUT2D eigenvalue weighted by atomic mass is 13.9. The van der Waals surface area contributed by atoms with E-state index in [2.05, 4.69) is 30.4 Å². The van der Waals surface area contributed by atoms with E-state index in [4.69, 9.17) is 0 Å². The van der Waals surface area contributed by atoms with Gasteiger partial charge in [-0.15, -0.1) is 0 Å². The standard InChI is InChI=1S/C12H13/c1-2-3-4-6-9-12-10-7-5-8-11-12/h2-3,6-11H,4H2,1H3. The van der Waals surface area contributed by atoms with Crippen LogP contribution in [0.25, 0.3) is 6.08 Å². The van der Waals surface area contributed by atoms with Gasteiger partial charge in [0.05, 0.1) is 0 Å². The molecule has 0 saturated heterocycles. The largest absolute Gasteiger partial charge is 0.0914 e. The predicted molar refractivity (Wildman–Crippen MR) is 53.7 cm³/mol. The summed E-state index contributed by atoms with van der Waals surface area (Å²) in [7, 11) is 0. The maximum Gasteiger partial charge on any atom is -0.0166 e. The van der Waals surface area contributed by atoms with E-state index >= 15 is 0 Å². The van der Waals surface area contributed by atoms with Crippen LogP contribution in [0.3, 0.4) is 0 Å². The molecule has 0 aromatic heterocycles. The second kappa shape index (κ2) is 5.36. The molecule has 0 aliphatic rings. The van der Waals surface area contributed by atoms with Gasteiger partial charge in [-0.25, -0.2) is 0 Å². The van der Waals surface area contributed by atoms with Crippen LogP contribution in [0, 0.1) is 6.07 Å². The lowest BCUT2D eigenvalue weighted by molar-refractivity contribution is 1.39. The van der Waals surface area contributed by atoms with Gasteiger partial charge in [0.15, 0.2) is 0 Å². The fraction of sp³-hybridized carbons (Fsp3) is 0.167. The smallest absolute Gasteiger partial charge is 0.0166 e. The van der Waals surface area contributed by atoms with E-state index in [1.165, 1.54) is 5.56 Å². The average Bonchev–Trinajstić information content (AvgIpc) is 2.14. The Bertz CT molecular complexity index is 255. The molecule has 1 aromatic rings. The maximum absolute atomic E-state index is 2.99. The van der Waals surface area contributed by atoms with Gasteiger partial charge in [-0.3, -0.25) is 0 Å². The zero-order chi connectivity index (χ0) is 8.65. The van der Waals surface area contributed by atoms with Gasteiger partial charge in [0.2, 0.25) is 0 Å². The molecule has 0 amide bonds. The molecule has 0 aliphatic heterocycles. The van der Waals surface area contributed by atoms with Crippen LogP contribution in [0.5, 0.6) is 0 Å². The Morgan fingerprint density at radius 2 is 2.00 bits per heavy atom. The van der Waals surface area contributed by atoms with Gasteiger partial charge in [-0.05, 0) is 25.0 Å². The third-order valence-electron chi connectivity index (χ3n) is 1.56. The first kappa shape index (κ1) is 8.79. The van der Waals surface area contributed by atoms with Crippen molar-refractivity contribution < 1.29 is 0 Å². The van der Waals surface area contributed by atoms with Gasteiger partial charge < -0.3 is 0 Å². The molecule has 0 bridgehead atoms. The second-order valence-corrected chi connectivity index (χ2v) is 2.54. The summed E-state index contributed by atoms with van der Waals surface area (Å²) < 4.78 is 0. The number of hydrogen-bond donors (Lipinski definition) is 0. The molecular weight excluding hydrogens is 144 g/mol. The van der Waals surface area contributed by atoms with Gasteiger partial charge in [0.25, 0.3) is 0 Å². The molecule has 0 unspecified atom stereocenters. The second-order valence-electron chi connectivity index (χ2n) is 2.54. The average molecular weight is 157 g/mol. The van der Waals surface area contributed by atoms with Crippen molar-refractivity contribution in [1.29, 1.82) is 0 Å². The van der Waals surface area contributed by atoms with Gasteiger partial charge in [0.1, 0.15) is 0 Å². The molecule has 0 fully saturated rings. The SMILES string of the molecule is CC=CCC=Cc1cc[c]cc1. The zero-order valence-electron chi connectivity index (χ0n) is 7.33. The maximum atomic E-state index is 2.99. The van der Waals surface area contributed by atoms with Gasteiger partial charge in [-0.2, -0.15) is 0 Å². The zero-order valence-corrected chi connectivity index (χ0v) is 7.33. The third kappa shape index (κ3) is 3.20. The lowest BCUT2D eigenvalue weighted by Crippen LogP contribution is -1.67. The summed E-state index contributed by atoms with van der Waals surface area (Å²) in [6, 6.07) is 10.9. The van der Waals surface area contributed by atoms with E-state index in [1.807, 2.05) is 31.2 Å². The molecule has 0 atom stereocenters. The van der Waals surface area contributed by atoms with Gasteiger partial charge in [-0.1, -0.05) is 48.6 Å². The number of allylic oxidation sites excluding steroid dienone is 3. The van der Waals surface area contributed by atoms with Crippen LogP contribution in [0.2, 0.25) is 0 Å². The van der Waals surface area contributed by atoms with E-state index in [0.29, 0.717) is 0 Å². The van der Waals surface area contributed by atoms with Crippen LogP contribution in [-0.4, -0.2) is 0 Å². The lowest BCUT2D eigenvalue weighted by atomic mass is 10.2. The minimum absolute atomic E-state index is 1.01. The molecule has 12 heavy (non-hydrogen) atoms. The molecule has 1 radical (unpaired) electrons. The molecule has 0 saturated carbocycles. The number of hydrogen-bond acceptors (Lipinski definition) is 0. The van der Waals surface area contributed by atoms with E-state index in [-0.39, 0.29) is 0 Å². The van der Waals surface area contributed by atoms with Crippen molar-refractivity contribution in [2.24, 2.45) is 0 Å². The first-order chi connectivity index (χ1) is 5.93. The molecule has 0 aliphatic carbocycles. The highest BCUT2D eigenvalue weighted by Crippen LogP contribution is 2.01. The van der Waals surface area contributed by atoms with Crippen molar-refractivity contribution in [2.45, 2.75) is 13.3 Å². The molecule has 1 aromatic carbocycles. The van der Waals surface area contributed by atoms with Gasteiger partial charge >= 0.3 is 0 Å². The Balaban J connectivity index is 2.47. The summed E-state index contributed by atoms with van der Waals surface area (Å²) >= 11 is 0. The Kier molecular flexibility index (Phi) is 3.93. The highest BCUT2D eigenvalue weighted by Gasteiger charge is 1.80. The summed E-state index contributed by atoms with van der Waals surface area (Å²) in [5.74, 6) is 0. The minimum Gasteiger partial charge on any atom is -0.0914 e. The van der Waals surface area contributed by atoms with Crippen molar-refractivity contribution >= 4 is 6.08 Å². The van der Waals surface area contributed by atoms with Crippen molar-refractivity contribution in [3.63, 3.8) is 0 Å². The van der Waals surface area contributed by atoms with E-state index < -0.39 is 0 Å². The minimum atomic E-state index is 1.01. The molecule has 0 spiro atoms. The fourth-order valence-electron chi connectivity index (χ4n) is 0.930. The van der Waals surface area contributed by atoms with Crippen molar-refractivity contribution in [1.82, 2.24) is 0 Å². The number of benzene rings is 1. The van der Waals surface area contributed by atoms with Gasteiger partial charge in [0, 0.05) is 0 Å². The van der Waals surface area contributed by atoms with E-state index in [0.717, 1.165) is 6.42 Å². The quantitative estimate of drug-likeness (QED) is 0.589. The summed E-state index contributed by atoms with van der Waals surface area (Å²) in [5, 5.41) is 0. The molecule has 0 heterocycles. The third-order valence-corrected chi connectivity index (χ3v) is 1.56. The normalized spacial score (nSPS) is 11.4. The summed E-state index contributed by atoms with van der Waals surface area (Å²) in [6.45, 7) is 2.03. The van der Waals surface area contributed by atoms with Crippen molar-refractivity contribution in [2.75, 3.05) is 0 Å². The van der Waals surface area contributed by atoms with E-state index in [1.54, 1.807) is 0 Å². The Hall–Kier alpha value is -1.30. The van der Waals surface area contributed by atoms with Crippen LogP contribution in [0.4, 0.5) is 0 Å². The van der Waals surface area contributed by atoms with Crippen LogP contribution in [0.15, 0.2) is 42.5 Å². The summed E-state index contributed by atoms with van der Waals surface area (Å²) in [6.07, 6.45) is 9.47. The molecule has 61 valence electrons. The molecule has 0 heteroatoms. The predicted octanol–water partition coefficient (Wildman–Crippen LogP) is 3.47. The lowest BCUT2D eigenvalue weighted by Gasteiger charge is -1.88. The first-order valence-electron chi connectivity index (χ1n) is 4.17. The van der Waals surface area contributed by atoms with Crippen LogP contribution >= 0.6 is 0 Å². The van der Waals surface area contributed by atoms with Crippen molar-refractivity contribution in [3.8, 4) is 0 Å². The molecule has 0 N–H and O–H groups in total. The van der Waals surface area contributed by atoms with Crippen molar-refractivity contribution in [3.05, 3.63) is 54.1 Å². The monoisotopic (exact) mass is 157 g/mol. The Labute approximate surface area is 74.2 Å². The highest BCUT2D eigenvalue weighted by molar-refractivity contribution is 5.48. The number of rotatable bonds is 3. The molecule has 0 nitrogen and oxygen atoms in total. The first-order valence-corrected chi connectivity index (χ1v) is 4.17. The molecular formula is C12H13. The van der Waals surface area contributed by atoms with E-state index in [9.17, 15) is 0 Å². The summed E-state index contributed by atoms with van der Waals surface area (Å²) in [4.78, 5) is 0. The molecule has 1 rings (SSSR count). The Morgan fingerprint density at radius 3 is 2.67 bits per heavy atom.